The fraction of sp³-hybridized carbons (Fsp3) is 0.429. The van der Waals surface area contributed by atoms with Crippen LogP contribution >= 0.6 is 0 Å². The van der Waals surface area contributed by atoms with E-state index in [1.807, 2.05) is 31.2 Å². The molecule has 1 aliphatic rings. The number of carboxylic acids is 1. The minimum atomic E-state index is -0.922. The molecule has 0 aromatic heterocycles. The van der Waals surface area contributed by atoms with Gasteiger partial charge in [0.25, 0.3) is 0 Å². The third kappa shape index (κ3) is 2.23. The van der Waals surface area contributed by atoms with Crippen molar-refractivity contribution in [1.29, 1.82) is 0 Å². The number of hydrogen-bond donors (Lipinski definition) is 1. The molecule has 1 atom stereocenters. The molecule has 0 bridgehead atoms. The van der Waals surface area contributed by atoms with Crippen LogP contribution in [-0.2, 0) is 16.0 Å². The Kier molecular flexibility index (Phi) is 3.65. The van der Waals surface area contributed by atoms with Gasteiger partial charge in [0.15, 0.2) is 0 Å². The second-order valence-corrected chi connectivity index (χ2v) is 4.49. The Morgan fingerprint density at radius 2 is 2.17 bits per heavy atom. The van der Waals surface area contributed by atoms with E-state index in [-0.39, 0.29) is 5.91 Å². The first-order chi connectivity index (χ1) is 8.65. The van der Waals surface area contributed by atoms with Crippen LogP contribution in [0, 0.1) is 0 Å². The van der Waals surface area contributed by atoms with Gasteiger partial charge in [-0.15, -0.1) is 0 Å². The molecule has 4 nitrogen and oxygen atoms in total. The Bertz CT molecular complexity index is 470. The molecule has 1 aromatic carbocycles. The molecule has 0 aliphatic carbocycles. The van der Waals surface area contributed by atoms with Crippen molar-refractivity contribution in [2.75, 3.05) is 4.90 Å². The molecule has 1 unspecified atom stereocenters. The predicted molar refractivity (Wildman–Crippen MR) is 68.6 cm³/mol. The fourth-order valence-corrected chi connectivity index (χ4v) is 2.45. The molecule has 1 amide bonds. The summed E-state index contributed by atoms with van der Waals surface area (Å²) in [5, 5.41) is 9.26. The number of carbonyl (C=O) groups is 2. The number of carbonyl (C=O) groups excluding carboxylic acids is 1. The van der Waals surface area contributed by atoms with Gasteiger partial charge in [0.05, 0.1) is 0 Å². The molecule has 1 aliphatic heterocycles. The van der Waals surface area contributed by atoms with Gasteiger partial charge in [0.1, 0.15) is 6.04 Å². The highest BCUT2D eigenvalue weighted by molar-refractivity contribution is 6.00. The van der Waals surface area contributed by atoms with Crippen LogP contribution in [0.15, 0.2) is 24.3 Å². The van der Waals surface area contributed by atoms with Crippen LogP contribution in [-0.4, -0.2) is 23.0 Å². The highest BCUT2D eigenvalue weighted by Gasteiger charge is 2.34. The minimum absolute atomic E-state index is 0.0884. The van der Waals surface area contributed by atoms with E-state index >= 15 is 0 Å². The molecule has 1 N–H and O–H groups in total. The van der Waals surface area contributed by atoms with Crippen molar-refractivity contribution in [2.45, 2.75) is 38.6 Å². The SMILES string of the molecule is CCc1ccccc1N1C(=O)CCCC1C(=O)O. The minimum Gasteiger partial charge on any atom is -0.480 e. The lowest BCUT2D eigenvalue weighted by Gasteiger charge is -2.34. The van der Waals surface area contributed by atoms with E-state index in [0.29, 0.717) is 19.3 Å². The zero-order valence-corrected chi connectivity index (χ0v) is 10.4. The van der Waals surface area contributed by atoms with Crippen molar-refractivity contribution in [2.24, 2.45) is 0 Å². The standard InChI is InChI=1S/C14H17NO3/c1-2-10-6-3-4-7-11(10)15-12(14(17)18)8-5-9-13(15)16/h3-4,6-7,12H,2,5,8-9H2,1H3,(H,17,18). The predicted octanol–water partition coefficient (Wildman–Crippen LogP) is 2.22. The van der Waals surface area contributed by atoms with Gasteiger partial charge in [0.2, 0.25) is 5.91 Å². The average Bonchev–Trinajstić information content (AvgIpc) is 2.38. The number of benzene rings is 1. The summed E-state index contributed by atoms with van der Waals surface area (Å²) >= 11 is 0. The number of nitrogens with zero attached hydrogens (tertiary/aromatic N) is 1. The van der Waals surface area contributed by atoms with E-state index in [0.717, 1.165) is 17.7 Å². The molecule has 0 spiro atoms. The van der Waals surface area contributed by atoms with E-state index in [4.69, 9.17) is 0 Å². The molecule has 96 valence electrons. The van der Waals surface area contributed by atoms with Gasteiger partial charge in [-0.1, -0.05) is 25.1 Å². The Labute approximate surface area is 106 Å². The molecule has 0 saturated carbocycles. The maximum Gasteiger partial charge on any atom is 0.326 e. The fourth-order valence-electron chi connectivity index (χ4n) is 2.45. The molecule has 1 fully saturated rings. The molecule has 1 heterocycles. The van der Waals surface area contributed by atoms with Crippen molar-refractivity contribution < 1.29 is 14.7 Å². The third-order valence-corrected chi connectivity index (χ3v) is 3.37. The van der Waals surface area contributed by atoms with Gasteiger partial charge < -0.3 is 5.11 Å². The van der Waals surface area contributed by atoms with E-state index in [1.165, 1.54) is 4.90 Å². The largest absolute Gasteiger partial charge is 0.480 e. The summed E-state index contributed by atoms with van der Waals surface area (Å²) in [6.45, 7) is 2.00. The highest BCUT2D eigenvalue weighted by atomic mass is 16.4. The van der Waals surface area contributed by atoms with E-state index < -0.39 is 12.0 Å². The van der Waals surface area contributed by atoms with Crippen LogP contribution in [0.4, 0.5) is 5.69 Å². The lowest BCUT2D eigenvalue weighted by atomic mass is 9.98. The van der Waals surface area contributed by atoms with Gasteiger partial charge in [0, 0.05) is 12.1 Å². The van der Waals surface area contributed by atoms with Gasteiger partial charge in [-0.05, 0) is 30.9 Å². The number of amides is 1. The quantitative estimate of drug-likeness (QED) is 0.891. The number of anilines is 1. The summed E-state index contributed by atoms with van der Waals surface area (Å²) in [4.78, 5) is 24.8. The van der Waals surface area contributed by atoms with Crippen LogP contribution in [0.25, 0.3) is 0 Å². The van der Waals surface area contributed by atoms with E-state index in [1.54, 1.807) is 0 Å². The summed E-state index contributed by atoms with van der Waals surface area (Å²) in [7, 11) is 0. The average molecular weight is 247 g/mol. The summed E-state index contributed by atoms with van der Waals surface area (Å²) in [6, 6.07) is 6.80. The number of hydrogen-bond acceptors (Lipinski definition) is 2. The van der Waals surface area contributed by atoms with E-state index in [2.05, 4.69) is 0 Å². The van der Waals surface area contributed by atoms with Gasteiger partial charge in [-0.3, -0.25) is 9.69 Å². The smallest absolute Gasteiger partial charge is 0.326 e. The summed E-state index contributed by atoms with van der Waals surface area (Å²) in [6.07, 6.45) is 2.40. The number of para-hydroxylation sites is 1. The molecule has 18 heavy (non-hydrogen) atoms. The lowest BCUT2D eigenvalue weighted by molar-refractivity contribution is -0.141. The third-order valence-electron chi connectivity index (χ3n) is 3.37. The van der Waals surface area contributed by atoms with E-state index in [9.17, 15) is 14.7 Å². The molecule has 0 radical (unpaired) electrons. The summed E-state index contributed by atoms with van der Waals surface area (Å²) in [5.41, 5.74) is 1.76. The number of carboxylic acid groups (broad SMARTS) is 1. The Morgan fingerprint density at radius 1 is 1.44 bits per heavy atom. The van der Waals surface area contributed by atoms with Crippen LogP contribution in [0.1, 0.15) is 31.7 Å². The van der Waals surface area contributed by atoms with Crippen molar-refractivity contribution in [1.82, 2.24) is 0 Å². The Balaban J connectivity index is 2.43. The number of aliphatic carboxylic acids is 1. The van der Waals surface area contributed by atoms with Crippen LogP contribution in [0.5, 0.6) is 0 Å². The molecular weight excluding hydrogens is 230 g/mol. The highest BCUT2D eigenvalue weighted by Crippen LogP contribution is 2.29. The van der Waals surface area contributed by atoms with Crippen LogP contribution in [0.2, 0.25) is 0 Å². The zero-order chi connectivity index (χ0) is 13.1. The van der Waals surface area contributed by atoms with Gasteiger partial charge in [-0.25, -0.2) is 4.79 Å². The Morgan fingerprint density at radius 3 is 2.83 bits per heavy atom. The van der Waals surface area contributed by atoms with Crippen molar-refractivity contribution in [3.8, 4) is 0 Å². The zero-order valence-electron chi connectivity index (χ0n) is 10.4. The number of rotatable bonds is 3. The molecule has 2 rings (SSSR count). The topological polar surface area (TPSA) is 57.6 Å². The van der Waals surface area contributed by atoms with Crippen molar-refractivity contribution >= 4 is 17.6 Å². The second-order valence-electron chi connectivity index (χ2n) is 4.49. The number of piperidine rings is 1. The van der Waals surface area contributed by atoms with Crippen molar-refractivity contribution in [3.63, 3.8) is 0 Å². The van der Waals surface area contributed by atoms with Crippen molar-refractivity contribution in [3.05, 3.63) is 29.8 Å². The summed E-state index contributed by atoms with van der Waals surface area (Å²) < 4.78 is 0. The maximum absolute atomic E-state index is 12.0. The first-order valence-corrected chi connectivity index (χ1v) is 6.28. The first kappa shape index (κ1) is 12.6. The van der Waals surface area contributed by atoms with Gasteiger partial charge in [-0.2, -0.15) is 0 Å². The molecule has 1 saturated heterocycles. The molecule has 4 heteroatoms. The monoisotopic (exact) mass is 247 g/mol. The van der Waals surface area contributed by atoms with Gasteiger partial charge >= 0.3 is 5.97 Å². The Hall–Kier alpha value is -1.84. The normalized spacial score (nSPS) is 19.9. The number of aryl methyl sites for hydroxylation is 1. The van der Waals surface area contributed by atoms with Crippen LogP contribution in [0.3, 0.4) is 0 Å². The lowest BCUT2D eigenvalue weighted by Crippen LogP contribution is -2.48. The molecule has 1 aromatic rings. The van der Waals surface area contributed by atoms with Crippen LogP contribution < -0.4 is 4.90 Å². The first-order valence-electron chi connectivity index (χ1n) is 6.28. The second kappa shape index (κ2) is 5.21. The molecular formula is C14H17NO3. The maximum atomic E-state index is 12.0. The summed E-state index contributed by atoms with van der Waals surface area (Å²) in [5.74, 6) is -1.01.